The first-order valence-electron chi connectivity index (χ1n) is 7.99. The van der Waals surface area contributed by atoms with Crippen LogP contribution in [0.3, 0.4) is 0 Å². The summed E-state index contributed by atoms with van der Waals surface area (Å²) in [6, 6.07) is 12.0. The summed E-state index contributed by atoms with van der Waals surface area (Å²) in [5, 5.41) is 2.98. The Morgan fingerprint density at radius 1 is 1.07 bits per heavy atom. The molecule has 4 N–H and O–H groups in total. The number of nitrogens with two attached hydrogens (primary N) is 1. The Morgan fingerprint density at radius 2 is 1.46 bits per heavy atom. The Balaban J connectivity index is 0.000000696. The molecule has 0 aliphatic heterocycles. The summed E-state index contributed by atoms with van der Waals surface area (Å²) in [6.07, 6.45) is -3.61. The third kappa shape index (κ3) is 8.98. The van der Waals surface area contributed by atoms with Crippen molar-refractivity contribution in [1.82, 2.24) is 5.32 Å². The zero-order chi connectivity index (χ0) is 21.5. The number of carbonyl (C=O) groups excluding carboxylic acids is 1. The van der Waals surface area contributed by atoms with Crippen LogP contribution >= 0.6 is 0 Å². The molecule has 0 bridgehead atoms. The van der Waals surface area contributed by atoms with Crippen LogP contribution in [0, 0.1) is 0 Å². The van der Waals surface area contributed by atoms with Crippen LogP contribution in [0.15, 0.2) is 48.5 Å². The lowest BCUT2D eigenvalue weighted by Gasteiger charge is -2.11. The Kier molecular flexibility index (Phi) is 8.15. The maximum atomic E-state index is 12.5. The zero-order valence-corrected chi connectivity index (χ0v) is 16.0. The van der Waals surface area contributed by atoms with Gasteiger partial charge in [-0.15, -0.1) is 0 Å². The fraction of sp³-hybridized carbons (Fsp3) is 0.278. The van der Waals surface area contributed by atoms with E-state index in [0.29, 0.717) is 18.4 Å². The van der Waals surface area contributed by atoms with Gasteiger partial charge >= 0.3 is 6.18 Å². The van der Waals surface area contributed by atoms with Crippen molar-refractivity contribution in [3.8, 4) is 11.1 Å². The van der Waals surface area contributed by atoms with Gasteiger partial charge in [-0.3, -0.25) is 9.35 Å². The van der Waals surface area contributed by atoms with Crippen LogP contribution in [-0.2, 0) is 27.6 Å². The lowest BCUT2D eigenvalue weighted by molar-refractivity contribution is -0.137. The summed E-state index contributed by atoms with van der Waals surface area (Å²) in [5.74, 6) is -0.425. The Hall–Kier alpha value is -2.43. The van der Waals surface area contributed by atoms with Crippen molar-refractivity contribution in [2.45, 2.75) is 25.7 Å². The number of hydrogen-bond donors (Lipinski definition) is 3. The molecule has 0 aliphatic carbocycles. The Labute approximate surface area is 161 Å². The van der Waals surface area contributed by atoms with Gasteiger partial charge in [-0.25, -0.2) is 0 Å². The number of hydrogen-bond acceptors (Lipinski definition) is 4. The highest BCUT2D eigenvalue weighted by atomic mass is 32.2. The number of rotatable bonds is 5. The maximum absolute atomic E-state index is 12.5. The van der Waals surface area contributed by atoms with Gasteiger partial charge < -0.3 is 11.1 Å². The van der Waals surface area contributed by atoms with Crippen LogP contribution in [0.4, 0.5) is 13.2 Å². The van der Waals surface area contributed by atoms with Crippen molar-refractivity contribution in [1.29, 1.82) is 0 Å². The lowest BCUT2D eigenvalue weighted by atomic mass is 10.0. The molecule has 0 radical (unpaired) electrons. The predicted octanol–water partition coefficient (Wildman–Crippen LogP) is 2.84. The smallest absolute Gasteiger partial charge is 0.368 e. The minimum atomic E-state index is -4.33. The molecule has 6 nitrogen and oxygen atoms in total. The van der Waals surface area contributed by atoms with E-state index >= 15 is 0 Å². The molecular formula is C18H21F3N2O4S. The quantitative estimate of drug-likeness (QED) is 0.647. The molecule has 2 rings (SSSR count). The molecule has 1 atom stereocenters. The van der Waals surface area contributed by atoms with E-state index in [1.54, 1.807) is 6.92 Å². The molecule has 1 amide bonds. The number of benzene rings is 2. The summed E-state index contributed by atoms with van der Waals surface area (Å²) in [4.78, 5) is 10.9. The van der Waals surface area contributed by atoms with Gasteiger partial charge in [0.2, 0.25) is 5.91 Å². The van der Waals surface area contributed by atoms with Gasteiger partial charge in [0.15, 0.2) is 0 Å². The van der Waals surface area contributed by atoms with Crippen LogP contribution in [0.1, 0.15) is 18.1 Å². The van der Waals surface area contributed by atoms with E-state index in [0.717, 1.165) is 23.3 Å². The molecule has 0 saturated carbocycles. The Morgan fingerprint density at radius 3 is 1.82 bits per heavy atom. The Bertz CT molecular complexity index is 873. The summed E-state index contributed by atoms with van der Waals surface area (Å²) in [7, 11) is -3.67. The second kappa shape index (κ2) is 9.67. The first-order chi connectivity index (χ1) is 12.8. The molecule has 0 aliphatic rings. The fourth-order valence-corrected chi connectivity index (χ4v) is 2.04. The van der Waals surface area contributed by atoms with Crippen molar-refractivity contribution in [3.63, 3.8) is 0 Å². The highest BCUT2D eigenvalue weighted by Gasteiger charge is 2.29. The van der Waals surface area contributed by atoms with E-state index in [1.165, 1.54) is 12.1 Å². The molecular weight excluding hydrogens is 397 g/mol. The van der Waals surface area contributed by atoms with Crippen LogP contribution in [-0.4, -0.2) is 31.2 Å². The highest BCUT2D eigenvalue weighted by Crippen LogP contribution is 2.31. The number of amides is 1. The minimum absolute atomic E-state index is 0.425. The van der Waals surface area contributed by atoms with Crippen LogP contribution in [0.25, 0.3) is 11.1 Å². The lowest BCUT2D eigenvalue weighted by Crippen LogP contribution is -2.38. The van der Waals surface area contributed by atoms with Crippen LogP contribution in [0.5, 0.6) is 0 Å². The largest absolute Gasteiger partial charge is 0.416 e. The van der Waals surface area contributed by atoms with Gasteiger partial charge in [-0.1, -0.05) is 36.4 Å². The van der Waals surface area contributed by atoms with Crippen LogP contribution < -0.4 is 11.1 Å². The van der Waals surface area contributed by atoms with Crippen molar-refractivity contribution in [2.75, 3.05) is 6.26 Å². The second-order valence-corrected chi connectivity index (χ2v) is 7.48. The summed E-state index contributed by atoms with van der Waals surface area (Å²) in [5.41, 5.74) is 6.99. The average molecular weight is 418 g/mol. The monoisotopic (exact) mass is 418 g/mol. The molecule has 154 valence electrons. The van der Waals surface area contributed by atoms with Crippen LogP contribution in [0.2, 0.25) is 0 Å². The first-order valence-corrected chi connectivity index (χ1v) is 9.84. The van der Waals surface area contributed by atoms with Gasteiger partial charge in [0.25, 0.3) is 10.1 Å². The van der Waals surface area contributed by atoms with E-state index in [9.17, 15) is 26.4 Å². The topological polar surface area (TPSA) is 109 Å². The normalized spacial score (nSPS) is 12.6. The molecule has 0 saturated heterocycles. The van der Waals surface area contributed by atoms with Crippen molar-refractivity contribution >= 4 is 16.0 Å². The molecule has 2 aromatic carbocycles. The number of primary amides is 1. The van der Waals surface area contributed by atoms with Crippen molar-refractivity contribution in [2.24, 2.45) is 5.73 Å². The van der Waals surface area contributed by atoms with E-state index in [1.807, 2.05) is 24.3 Å². The zero-order valence-electron chi connectivity index (χ0n) is 15.2. The van der Waals surface area contributed by atoms with Crippen molar-refractivity contribution < 1.29 is 30.9 Å². The minimum Gasteiger partial charge on any atom is -0.368 e. The molecule has 0 aromatic heterocycles. The number of alkyl halides is 3. The number of carbonyl (C=O) groups is 1. The predicted molar refractivity (Wildman–Crippen MR) is 99.8 cm³/mol. The molecule has 0 unspecified atom stereocenters. The van der Waals surface area contributed by atoms with E-state index in [4.69, 9.17) is 10.3 Å². The third-order valence-corrected chi connectivity index (χ3v) is 3.54. The SMILES string of the molecule is CS(=O)(=O)O.C[C@@H](NCc1ccc(-c2ccc(C(F)(F)F)cc2)cc1)C(N)=O. The average Bonchev–Trinajstić information content (AvgIpc) is 2.58. The summed E-state index contributed by atoms with van der Waals surface area (Å²) in [6.45, 7) is 2.16. The molecule has 0 spiro atoms. The van der Waals surface area contributed by atoms with Gasteiger partial charge in [-0.2, -0.15) is 21.6 Å². The van der Waals surface area contributed by atoms with E-state index in [-0.39, 0.29) is 0 Å². The van der Waals surface area contributed by atoms with E-state index in [2.05, 4.69) is 5.32 Å². The molecule has 2 aromatic rings. The standard InChI is InChI=1S/C17H17F3N2O.CH4O3S/c1-11(16(21)23)22-10-12-2-4-13(5-3-12)14-6-8-15(9-7-14)17(18,19)20;1-5(2,3)4/h2-9,11,22H,10H2,1H3,(H2,21,23);1H3,(H,2,3,4)/t11-;/m1./s1. The molecule has 0 fully saturated rings. The maximum Gasteiger partial charge on any atom is 0.416 e. The fourth-order valence-electron chi connectivity index (χ4n) is 2.04. The third-order valence-electron chi connectivity index (χ3n) is 3.54. The van der Waals surface area contributed by atoms with Crippen molar-refractivity contribution in [3.05, 3.63) is 59.7 Å². The molecule has 28 heavy (non-hydrogen) atoms. The van der Waals surface area contributed by atoms with E-state index < -0.39 is 33.8 Å². The highest BCUT2D eigenvalue weighted by molar-refractivity contribution is 7.85. The van der Waals surface area contributed by atoms with Gasteiger partial charge in [0.1, 0.15) is 0 Å². The first kappa shape index (κ1) is 23.6. The van der Waals surface area contributed by atoms with Gasteiger partial charge in [-0.05, 0) is 35.7 Å². The molecule has 0 heterocycles. The summed E-state index contributed by atoms with van der Waals surface area (Å²) >= 11 is 0. The summed E-state index contributed by atoms with van der Waals surface area (Å²) < 4.78 is 63.5. The number of halogens is 3. The van der Waals surface area contributed by atoms with Gasteiger partial charge in [0.05, 0.1) is 17.9 Å². The number of nitrogens with one attached hydrogen (secondary N) is 1. The second-order valence-electron chi connectivity index (χ2n) is 6.01. The van der Waals surface area contributed by atoms with Gasteiger partial charge in [0, 0.05) is 6.54 Å². The molecule has 10 heteroatoms.